The Bertz CT molecular complexity index is 916. The lowest BCUT2D eigenvalue weighted by atomic mass is 10.1. The molecule has 0 radical (unpaired) electrons. The lowest BCUT2D eigenvalue weighted by Gasteiger charge is -2.19. The molecule has 33 heavy (non-hydrogen) atoms. The Balaban J connectivity index is 0.00000544. The summed E-state index contributed by atoms with van der Waals surface area (Å²) < 4.78 is 5.13. The number of rotatable bonds is 12. The van der Waals surface area contributed by atoms with Crippen LogP contribution in [-0.4, -0.2) is 42.3 Å². The Labute approximate surface area is 202 Å². The van der Waals surface area contributed by atoms with Crippen molar-refractivity contribution in [1.29, 1.82) is 0 Å². The van der Waals surface area contributed by atoms with Gasteiger partial charge in [0.05, 0.1) is 12.3 Å². The van der Waals surface area contributed by atoms with Gasteiger partial charge in [-0.25, -0.2) is 9.59 Å². The molecule has 7 nitrogen and oxygen atoms in total. The van der Waals surface area contributed by atoms with Crippen LogP contribution in [0.3, 0.4) is 0 Å². The highest BCUT2D eigenvalue weighted by molar-refractivity contribution is 5.92. The van der Waals surface area contributed by atoms with Gasteiger partial charge in [0.2, 0.25) is 5.76 Å². The van der Waals surface area contributed by atoms with Gasteiger partial charge in [-0.05, 0) is 43.2 Å². The Morgan fingerprint density at radius 1 is 1.12 bits per heavy atom. The number of unbranched alkanes of at least 4 members (excludes halogenated alkanes) is 4. The molecular formula is C25H34ClN3O4. The molecule has 1 aromatic carbocycles. The number of pyridine rings is 1. The fourth-order valence-corrected chi connectivity index (χ4v) is 3.17. The van der Waals surface area contributed by atoms with E-state index in [-0.39, 0.29) is 30.8 Å². The molecule has 2 amide bonds. The monoisotopic (exact) mass is 475 g/mol. The van der Waals surface area contributed by atoms with Crippen molar-refractivity contribution in [3.63, 3.8) is 0 Å². The molecule has 0 fully saturated rings. The zero-order valence-corrected chi connectivity index (χ0v) is 20.4. The fraction of sp³-hybridized carbons (Fsp3) is 0.400. The van der Waals surface area contributed by atoms with E-state index >= 15 is 0 Å². The number of aliphatic carboxylic acids is 1. The van der Waals surface area contributed by atoms with Gasteiger partial charge in [0.1, 0.15) is 0 Å². The minimum Gasteiger partial charge on any atom is -0.487 e. The van der Waals surface area contributed by atoms with Crippen LogP contribution in [0.1, 0.15) is 51.5 Å². The lowest BCUT2D eigenvalue weighted by Crippen LogP contribution is -2.37. The molecule has 2 N–H and O–H groups in total. The quantitative estimate of drug-likeness (QED) is 0.232. The smallest absolute Gasteiger partial charge is 0.371 e. The lowest BCUT2D eigenvalue weighted by molar-refractivity contribution is -0.136. The van der Waals surface area contributed by atoms with Gasteiger partial charge in [0.15, 0.2) is 0 Å². The second-order valence-corrected chi connectivity index (χ2v) is 7.48. The highest BCUT2D eigenvalue weighted by atomic mass is 35.5. The van der Waals surface area contributed by atoms with Crippen LogP contribution in [0.25, 0.3) is 17.3 Å². The number of carboxylic acids is 1. The maximum atomic E-state index is 12.5. The summed E-state index contributed by atoms with van der Waals surface area (Å²) >= 11 is 0. The number of benzene rings is 1. The molecule has 0 unspecified atom stereocenters. The molecule has 2 aromatic rings. The van der Waals surface area contributed by atoms with Gasteiger partial charge in [0, 0.05) is 31.0 Å². The zero-order chi connectivity index (χ0) is 23.3. The predicted octanol–water partition coefficient (Wildman–Crippen LogP) is 5.75. The molecule has 0 bridgehead atoms. The standard InChI is InChI=1S/C25H33N3O4.ClH/c1-4-6-7-8-9-15-26-25(31)28(3)21-12-10-11-20(17-21)22-14-13-19(18-27-22)16-23(24(29)30)32-5-2;/h10-14,16-18H,4-9,15H2,1-3H3,(H,26,31)(H,29,30);1H/b23-16+;. The van der Waals surface area contributed by atoms with Crippen LogP contribution in [0.5, 0.6) is 0 Å². The molecule has 0 aliphatic carbocycles. The van der Waals surface area contributed by atoms with Crippen molar-refractivity contribution < 1.29 is 19.4 Å². The first-order chi connectivity index (χ1) is 15.5. The van der Waals surface area contributed by atoms with Crippen molar-refractivity contribution in [3.05, 3.63) is 53.9 Å². The average Bonchev–Trinajstić information content (AvgIpc) is 2.81. The first-order valence-corrected chi connectivity index (χ1v) is 11.1. The summed E-state index contributed by atoms with van der Waals surface area (Å²) in [5.74, 6) is -1.24. The number of carbonyl (C=O) groups is 2. The van der Waals surface area contributed by atoms with E-state index in [1.807, 2.05) is 30.3 Å². The second kappa shape index (κ2) is 14.9. The van der Waals surface area contributed by atoms with E-state index in [2.05, 4.69) is 17.2 Å². The normalized spacial score (nSPS) is 10.8. The van der Waals surface area contributed by atoms with Crippen LogP contribution in [0.4, 0.5) is 10.5 Å². The third-order valence-corrected chi connectivity index (χ3v) is 4.99. The summed E-state index contributed by atoms with van der Waals surface area (Å²) in [5.41, 5.74) is 2.98. The molecule has 0 saturated carbocycles. The van der Waals surface area contributed by atoms with Crippen LogP contribution in [0.15, 0.2) is 48.4 Å². The molecule has 0 aliphatic rings. The molecule has 2 rings (SSSR count). The zero-order valence-electron chi connectivity index (χ0n) is 19.5. The number of ether oxygens (including phenoxy) is 1. The number of hydrogen-bond donors (Lipinski definition) is 2. The van der Waals surface area contributed by atoms with Crippen LogP contribution in [0.2, 0.25) is 0 Å². The van der Waals surface area contributed by atoms with Crippen LogP contribution in [0, 0.1) is 0 Å². The van der Waals surface area contributed by atoms with E-state index in [0.29, 0.717) is 12.1 Å². The number of nitrogens with one attached hydrogen (secondary N) is 1. The number of carboxylic acid groups (broad SMARTS) is 1. The van der Waals surface area contributed by atoms with Crippen molar-refractivity contribution in [2.45, 2.75) is 46.0 Å². The topological polar surface area (TPSA) is 91.8 Å². The minimum atomic E-state index is -1.12. The van der Waals surface area contributed by atoms with E-state index in [1.165, 1.54) is 25.3 Å². The van der Waals surface area contributed by atoms with Crippen molar-refractivity contribution >= 4 is 36.2 Å². The molecule has 1 aromatic heterocycles. The highest BCUT2D eigenvalue weighted by Crippen LogP contribution is 2.23. The maximum Gasteiger partial charge on any atom is 0.371 e. The Morgan fingerprint density at radius 3 is 2.52 bits per heavy atom. The van der Waals surface area contributed by atoms with Crippen molar-refractivity contribution in [2.24, 2.45) is 0 Å². The second-order valence-electron chi connectivity index (χ2n) is 7.48. The van der Waals surface area contributed by atoms with Crippen LogP contribution < -0.4 is 10.2 Å². The number of halogens is 1. The van der Waals surface area contributed by atoms with E-state index in [1.54, 1.807) is 31.1 Å². The third kappa shape index (κ3) is 9.14. The van der Waals surface area contributed by atoms with Gasteiger partial charge >= 0.3 is 12.0 Å². The van der Waals surface area contributed by atoms with E-state index < -0.39 is 5.97 Å². The van der Waals surface area contributed by atoms with Gasteiger partial charge < -0.3 is 15.2 Å². The minimum absolute atomic E-state index is 0. The predicted molar refractivity (Wildman–Crippen MR) is 135 cm³/mol. The maximum absolute atomic E-state index is 12.5. The summed E-state index contributed by atoms with van der Waals surface area (Å²) in [6, 6.07) is 11.0. The van der Waals surface area contributed by atoms with Crippen LogP contribution >= 0.6 is 12.4 Å². The summed E-state index contributed by atoms with van der Waals surface area (Å²) in [5, 5.41) is 12.1. The van der Waals surface area contributed by atoms with E-state index in [0.717, 1.165) is 29.8 Å². The van der Waals surface area contributed by atoms with Crippen LogP contribution in [-0.2, 0) is 9.53 Å². The number of carbonyl (C=O) groups excluding carboxylic acids is 1. The number of hydrogen-bond acceptors (Lipinski definition) is 4. The van der Waals surface area contributed by atoms with Crippen molar-refractivity contribution in [1.82, 2.24) is 10.3 Å². The molecule has 0 atom stereocenters. The molecule has 0 aliphatic heterocycles. The first kappa shape index (κ1) is 28.0. The highest BCUT2D eigenvalue weighted by Gasteiger charge is 2.12. The number of aromatic nitrogens is 1. The molecule has 0 spiro atoms. The van der Waals surface area contributed by atoms with Gasteiger partial charge in [0.25, 0.3) is 0 Å². The molecular weight excluding hydrogens is 442 g/mol. The van der Waals surface area contributed by atoms with Gasteiger partial charge in [-0.2, -0.15) is 0 Å². The number of amides is 2. The molecule has 1 heterocycles. The number of urea groups is 1. The van der Waals surface area contributed by atoms with Gasteiger partial charge in [-0.1, -0.05) is 50.8 Å². The van der Waals surface area contributed by atoms with E-state index in [4.69, 9.17) is 4.74 Å². The summed E-state index contributed by atoms with van der Waals surface area (Å²) in [6.45, 7) is 4.86. The fourth-order valence-electron chi connectivity index (χ4n) is 3.17. The summed E-state index contributed by atoms with van der Waals surface area (Å²) in [6.07, 6.45) is 8.79. The summed E-state index contributed by atoms with van der Waals surface area (Å²) in [7, 11) is 1.74. The Morgan fingerprint density at radius 2 is 1.88 bits per heavy atom. The van der Waals surface area contributed by atoms with Gasteiger partial charge in [-0.3, -0.25) is 9.88 Å². The SMILES string of the molecule is CCCCCCCNC(=O)N(C)c1cccc(-c2ccc(/C=C(/OCC)C(=O)O)cn2)c1.Cl. The number of nitrogens with zero attached hydrogens (tertiary/aromatic N) is 2. The average molecular weight is 476 g/mol. The largest absolute Gasteiger partial charge is 0.487 e. The van der Waals surface area contributed by atoms with E-state index in [9.17, 15) is 14.7 Å². The first-order valence-electron chi connectivity index (χ1n) is 11.1. The molecule has 0 saturated heterocycles. The Hall–Kier alpha value is -3.06. The summed E-state index contributed by atoms with van der Waals surface area (Å²) in [4.78, 5) is 29.7. The van der Waals surface area contributed by atoms with Crippen molar-refractivity contribution in [3.8, 4) is 11.3 Å². The molecule has 180 valence electrons. The molecule has 8 heteroatoms. The Kier molecular flexibility index (Phi) is 12.6. The number of anilines is 1. The van der Waals surface area contributed by atoms with Gasteiger partial charge in [-0.15, -0.1) is 12.4 Å². The van der Waals surface area contributed by atoms with Crippen molar-refractivity contribution in [2.75, 3.05) is 25.1 Å². The third-order valence-electron chi connectivity index (χ3n) is 4.99.